The van der Waals surface area contributed by atoms with Gasteiger partial charge in [0.25, 0.3) is 0 Å². The first-order valence-corrected chi connectivity index (χ1v) is 4.31. The molecule has 4 heteroatoms. The van der Waals surface area contributed by atoms with E-state index in [1.54, 1.807) is 6.20 Å². The van der Waals surface area contributed by atoms with Crippen molar-refractivity contribution >= 4 is 11.2 Å². The molecule has 0 amide bonds. The number of hydrogen-bond donors (Lipinski definition) is 2. The SMILES string of the molecule is CCc1nc2c([nH]1)c(C)cc[n+]2O. The molecule has 2 heterocycles. The summed E-state index contributed by atoms with van der Waals surface area (Å²) in [6.07, 6.45) is 2.44. The predicted octanol–water partition coefficient (Wildman–Crippen LogP) is 0.959. The molecule has 0 atom stereocenters. The minimum absolute atomic E-state index is 0.594. The smallest absolute Gasteiger partial charge is 0.350 e. The van der Waals surface area contributed by atoms with Crippen LogP contribution < -0.4 is 4.73 Å². The zero-order valence-corrected chi connectivity index (χ0v) is 7.70. The molecule has 4 nitrogen and oxygen atoms in total. The number of imidazole rings is 1. The molecule has 2 aromatic heterocycles. The lowest BCUT2D eigenvalue weighted by molar-refractivity contribution is -0.885. The third kappa shape index (κ3) is 1.14. The van der Waals surface area contributed by atoms with Crippen LogP contribution in [0.25, 0.3) is 11.2 Å². The van der Waals surface area contributed by atoms with E-state index >= 15 is 0 Å². The van der Waals surface area contributed by atoms with E-state index in [4.69, 9.17) is 0 Å². The number of aryl methyl sites for hydroxylation is 2. The first-order valence-electron chi connectivity index (χ1n) is 4.31. The average molecular weight is 178 g/mol. The summed E-state index contributed by atoms with van der Waals surface area (Å²) in [5.41, 5.74) is 2.59. The first kappa shape index (κ1) is 8.04. The summed E-state index contributed by atoms with van der Waals surface area (Å²) >= 11 is 0. The van der Waals surface area contributed by atoms with Gasteiger partial charge in [-0.3, -0.25) is 0 Å². The van der Waals surface area contributed by atoms with E-state index in [0.717, 1.165) is 28.1 Å². The maximum atomic E-state index is 9.44. The fourth-order valence-corrected chi connectivity index (χ4v) is 1.36. The molecule has 0 bridgehead atoms. The van der Waals surface area contributed by atoms with E-state index in [9.17, 15) is 5.21 Å². The van der Waals surface area contributed by atoms with Gasteiger partial charge in [-0.15, -0.1) is 0 Å². The number of H-pyrrole nitrogens is 1. The number of pyridine rings is 1. The molecule has 0 aliphatic rings. The predicted molar refractivity (Wildman–Crippen MR) is 47.6 cm³/mol. The number of aromatic amines is 1. The Labute approximate surface area is 75.8 Å². The van der Waals surface area contributed by atoms with Crippen LogP contribution >= 0.6 is 0 Å². The average Bonchev–Trinajstić information content (AvgIpc) is 2.56. The van der Waals surface area contributed by atoms with Gasteiger partial charge in [0.05, 0.1) is 0 Å². The van der Waals surface area contributed by atoms with Crippen molar-refractivity contribution < 1.29 is 9.94 Å². The Morgan fingerprint density at radius 3 is 3.00 bits per heavy atom. The second-order valence-corrected chi connectivity index (χ2v) is 3.08. The van der Waals surface area contributed by atoms with Gasteiger partial charge in [-0.05, 0) is 28.3 Å². The van der Waals surface area contributed by atoms with Crippen LogP contribution in [0.5, 0.6) is 0 Å². The summed E-state index contributed by atoms with van der Waals surface area (Å²) in [6.45, 7) is 4.01. The van der Waals surface area contributed by atoms with Gasteiger partial charge in [0.1, 0.15) is 11.7 Å². The Kier molecular flexibility index (Phi) is 1.69. The lowest BCUT2D eigenvalue weighted by atomic mass is 10.3. The van der Waals surface area contributed by atoms with Crippen LogP contribution in [0.4, 0.5) is 0 Å². The molecule has 0 fully saturated rings. The van der Waals surface area contributed by atoms with Crippen LogP contribution in [0.2, 0.25) is 0 Å². The van der Waals surface area contributed by atoms with Crippen LogP contribution in [0, 0.1) is 6.92 Å². The van der Waals surface area contributed by atoms with Crippen molar-refractivity contribution in [2.75, 3.05) is 0 Å². The number of rotatable bonds is 1. The van der Waals surface area contributed by atoms with E-state index in [2.05, 4.69) is 9.97 Å². The molecule has 0 aliphatic carbocycles. The molecule has 0 saturated heterocycles. The summed E-state index contributed by atoms with van der Waals surface area (Å²) < 4.78 is 1.04. The van der Waals surface area contributed by atoms with E-state index in [0.29, 0.717) is 5.65 Å². The number of nitrogens with zero attached hydrogens (tertiary/aromatic N) is 2. The molecule has 2 rings (SSSR count). The molecule has 0 unspecified atom stereocenters. The third-order valence-electron chi connectivity index (χ3n) is 2.15. The van der Waals surface area contributed by atoms with Crippen molar-refractivity contribution in [1.29, 1.82) is 0 Å². The van der Waals surface area contributed by atoms with Gasteiger partial charge in [-0.1, -0.05) is 6.92 Å². The molecule has 0 radical (unpaired) electrons. The molecular weight excluding hydrogens is 166 g/mol. The van der Waals surface area contributed by atoms with Gasteiger partial charge >= 0.3 is 5.65 Å². The largest absolute Gasteiger partial charge is 0.387 e. The fraction of sp³-hybridized carbons (Fsp3) is 0.333. The number of hydrogen-bond acceptors (Lipinski definition) is 2. The van der Waals surface area contributed by atoms with E-state index < -0.39 is 0 Å². The normalized spacial score (nSPS) is 10.9. The topological polar surface area (TPSA) is 52.8 Å². The molecule has 0 aliphatic heterocycles. The van der Waals surface area contributed by atoms with Crippen LogP contribution in [-0.2, 0) is 6.42 Å². The Morgan fingerprint density at radius 1 is 1.62 bits per heavy atom. The summed E-state index contributed by atoms with van der Waals surface area (Å²) in [7, 11) is 0. The van der Waals surface area contributed by atoms with Crippen molar-refractivity contribution in [3.8, 4) is 0 Å². The second-order valence-electron chi connectivity index (χ2n) is 3.08. The Bertz CT molecular complexity index is 408. The highest BCUT2D eigenvalue weighted by atomic mass is 16.5. The van der Waals surface area contributed by atoms with Gasteiger partial charge in [0, 0.05) is 6.42 Å². The highest BCUT2D eigenvalue weighted by molar-refractivity contribution is 5.71. The van der Waals surface area contributed by atoms with Crippen molar-refractivity contribution in [2.24, 2.45) is 0 Å². The molecule has 0 saturated carbocycles. The lowest BCUT2D eigenvalue weighted by Crippen LogP contribution is -2.30. The van der Waals surface area contributed by atoms with Crippen molar-refractivity contribution in [2.45, 2.75) is 20.3 Å². The lowest BCUT2D eigenvalue weighted by Gasteiger charge is -1.90. The number of fused-ring (bicyclic) bond motifs is 1. The van der Waals surface area contributed by atoms with Gasteiger partial charge in [0.2, 0.25) is 5.82 Å². The van der Waals surface area contributed by atoms with Gasteiger partial charge < -0.3 is 10.2 Å². The van der Waals surface area contributed by atoms with Crippen LogP contribution in [0.1, 0.15) is 18.3 Å². The van der Waals surface area contributed by atoms with Crippen molar-refractivity contribution in [3.05, 3.63) is 23.7 Å². The van der Waals surface area contributed by atoms with Crippen LogP contribution in [0.15, 0.2) is 12.3 Å². The minimum Gasteiger partial charge on any atom is -0.350 e. The maximum Gasteiger partial charge on any atom is 0.387 e. The van der Waals surface area contributed by atoms with Gasteiger partial charge in [-0.25, -0.2) is 0 Å². The molecule has 2 N–H and O–H groups in total. The van der Waals surface area contributed by atoms with Crippen LogP contribution in [0.3, 0.4) is 0 Å². The highest BCUT2D eigenvalue weighted by Crippen LogP contribution is 2.11. The van der Waals surface area contributed by atoms with Crippen LogP contribution in [-0.4, -0.2) is 15.2 Å². The zero-order chi connectivity index (χ0) is 9.42. The monoisotopic (exact) mass is 178 g/mol. The Hall–Kier alpha value is -1.58. The van der Waals surface area contributed by atoms with Gasteiger partial charge in [-0.2, -0.15) is 0 Å². The van der Waals surface area contributed by atoms with Gasteiger partial charge in [0.15, 0.2) is 0 Å². The van der Waals surface area contributed by atoms with Crippen molar-refractivity contribution in [1.82, 2.24) is 9.97 Å². The Morgan fingerprint density at radius 2 is 2.38 bits per heavy atom. The van der Waals surface area contributed by atoms with E-state index in [1.165, 1.54) is 0 Å². The zero-order valence-electron chi connectivity index (χ0n) is 7.70. The molecule has 0 spiro atoms. The second kappa shape index (κ2) is 2.73. The van der Waals surface area contributed by atoms with E-state index in [-0.39, 0.29) is 0 Å². The quantitative estimate of drug-likeness (QED) is 0.504. The molecule has 13 heavy (non-hydrogen) atoms. The maximum absolute atomic E-state index is 9.44. The molecule has 2 aromatic rings. The summed E-state index contributed by atoms with van der Waals surface area (Å²) in [4.78, 5) is 7.41. The number of aromatic nitrogens is 3. The molecule has 0 aromatic carbocycles. The summed E-state index contributed by atoms with van der Waals surface area (Å²) in [5.74, 6) is 0.895. The number of nitrogens with one attached hydrogen (secondary N) is 1. The minimum atomic E-state index is 0.594. The molecular formula is C9H12N3O+. The Balaban J connectivity index is 2.80. The standard InChI is InChI=1S/C9H11N3O/c1-3-7-10-8-6(2)4-5-12(13)9(8)11-7/h4-5,13H,3H2,1-2H3/p+1. The first-order chi connectivity index (χ1) is 6.22. The van der Waals surface area contributed by atoms with E-state index in [1.807, 2.05) is 19.9 Å². The third-order valence-corrected chi connectivity index (χ3v) is 2.15. The molecule has 68 valence electrons. The highest BCUT2D eigenvalue weighted by Gasteiger charge is 2.16. The fourth-order valence-electron chi connectivity index (χ4n) is 1.36. The summed E-state index contributed by atoms with van der Waals surface area (Å²) in [5, 5.41) is 9.44. The van der Waals surface area contributed by atoms with Crippen molar-refractivity contribution in [3.63, 3.8) is 0 Å². The summed E-state index contributed by atoms with van der Waals surface area (Å²) in [6, 6.07) is 1.85.